The van der Waals surface area contributed by atoms with Crippen LogP contribution in [-0.2, 0) is 0 Å². The lowest BCUT2D eigenvalue weighted by Gasteiger charge is -2.33. The molecule has 0 atom stereocenters. The highest BCUT2D eigenvalue weighted by atomic mass is 15.3. The SMILES string of the molecule is CCCNc1ccnc2c(-c3ccc(N4CCN(C)CC4)nc3)cnn12. The zero-order chi connectivity index (χ0) is 17.9. The number of nitrogens with one attached hydrogen (secondary N) is 1. The fourth-order valence-electron chi connectivity index (χ4n) is 3.25. The van der Waals surface area contributed by atoms with Crippen molar-refractivity contribution in [3.63, 3.8) is 0 Å². The maximum Gasteiger partial charge on any atom is 0.165 e. The molecule has 1 fully saturated rings. The molecule has 0 amide bonds. The third-order valence-corrected chi connectivity index (χ3v) is 4.84. The Morgan fingerprint density at radius 3 is 2.62 bits per heavy atom. The van der Waals surface area contributed by atoms with Gasteiger partial charge in [0.2, 0.25) is 0 Å². The van der Waals surface area contributed by atoms with Gasteiger partial charge in [0, 0.05) is 56.2 Å². The summed E-state index contributed by atoms with van der Waals surface area (Å²) in [6.07, 6.45) is 6.69. The summed E-state index contributed by atoms with van der Waals surface area (Å²) in [5.74, 6) is 2.00. The van der Waals surface area contributed by atoms with Gasteiger partial charge in [0.05, 0.1) is 6.20 Å². The van der Waals surface area contributed by atoms with Crippen molar-refractivity contribution >= 4 is 17.3 Å². The Morgan fingerprint density at radius 2 is 1.88 bits per heavy atom. The largest absolute Gasteiger partial charge is 0.370 e. The smallest absolute Gasteiger partial charge is 0.165 e. The molecule has 0 aromatic carbocycles. The van der Waals surface area contributed by atoms with Crippen LogP contribution in [0.3, 0.4) is 0 Å². The van der Waals surface area contributed by atoms with Crippen molar-refractivity contribution in [2.24, 2.45) is 0 Å². The lowest BCUT2D eigenvalue weighted by molar-refractivity contribution is 0.312. The molecule has 1 saturated heterocycles. The molecule has 3 aromatic heterocycles. The number of hydrogen-bond acceptors (Lipinski definition) is 6. The van der Waals surface area contributed by atoms with E-state index in [4.69, 9.17) is 0 Å². The average molecular weight is 351 g/mol. The fourth-order valence-corrected chi connectivity index (χ4v) is 3.25. The summed E-state index contributed by atoms with van der Waals surface area (Å²) in [6, 6.07) is 6.17. The van der Waals surface area contributed by atoms with Crippen LogP contribution in [0.5, 0.6) is 0 Å². The number of nitrogens with zero attached hydrogens (tertiary/aromatic N) is 6. The first-order valence-corrected chi connectivity index (χ1v) is 9.23. The molecular weight excluding hydrogens is 326 g/mol. The van der Waals surface area contributed by atoms with E-state index in [0.717, 1.165) is 67.6 Å². The third-order valence-electron chi connectivity index (χ3n) is 4.84. The Labute approximate surface area is 153 Å². The number of anilines is 2. The molecule has 1 aliphatic heterocycles. The van der Waals surface area contributed by atoms with Crippen LogP contribution < -0.4 is 10.2 Å². The Morgan fingerprint density at radius 1 is 1.04 bits per heavy atom. The van der Waals surface area contributed by atoms with E-state index in [1.807, 2.05) is 29.2 Å². The van der Waals surface area contributed by atoms with Crippen LogP contribution in [0.2, 0.25) is 0 Å². The first-order valence-electron chi connectivity index (χ1n) is 9.23. The molecule has 1 aliphatic rings. The number of rotatable bonds is 5. The van der Waals surface area contributed by atoms with Gasteiger partial charge < -0.3 is 15.1 Å². The minimum atomic E-state index is 0.847. The number of hydrogen-bond donors (Lipinski definition) is 1. The van der Waals surface area contributed by atoms with Crippen molar-refractivity contribution in [1.29, 1.82) is 0 Å². The summed E-state index contributed by atoms with van der Waals surface area (Å²) < 4.78 is 1.86. The molecule has 0 unspecified atom stereocenters. The van der Waals surface area contributed by atoms with Gasteiger partial charge in [0.1, 0.15) is 11.6 Å². The van der Waals surface area contributed by atoms with Gasteiger partial charge in [-0.1, -0.05) is 6.92 Å². The monoisotopic (exact) mass is 351 g/mol. The number of piperazine rings is 1. The fraction of sp³-hybridized carbons (Fsp3) is 0.421. The second-order valence-corrected chi connectivity index (χ2v) is 6.75. The second-order valence-electron chi connectivity index (χ2n) is 6.75. The predicted octanol–water partition coefficient (Wildman–Crippen LogP) is 2.37. The summed E-state index contributed by atoms with van der Waals surface area (Å²) in [5.41, 5.74) is 2.89. The van der Waals surface area contributed by atoms with E-state index < -0.39 is 0 Å². The molecule has 0 bridgehead atoms. The maximum atomic E-state index is 4.69. The summed E-state index contributed by atoms with van der Waals surface area (Å²) in [6.45, 7) is 7.26. The summed E-state index contributed by atoms with van der Waals surface area (Å²) >= 11 is 0. The average Bonchev–Trinajstić information content (AvgIpc) is 3.12. The minimum Gasteiger partial charge on any atom is -0.370 e. The highest BCUT2D eigenvalue weighted by Gasteiger charge is 2.16. The summed E-state index contributed by atoms with van der Waals surface area (Å²) in [5, 5.41) is 7.91. The van der Waals surface area contributed by atoms with Gasteiger partial charge in [-0.05, 0) is 31.7 Å². The second kappa shape index (κ2) is 7.29. The van der Waals surface area contributed by atoms with Crippen LogP contribution in [0.4, 0.5) is 11.6 Å². The Balaban J connectivity index is 1.59. The molecule has 1 N–H and O–H groups in total. The molecule has 26 heavy (non-hydrogen) atoms. The van der Waals surface area contributed by atoms with Gasteiger partial charge in [0.15, 0.2) is 5.65 Å². The Hall–Kier alpha value is -2.67. The first-order chi connectivity index (χ1) is 12.8. The first kappa shape index (κ1) is 16.8. The van der Waals surface area contributed by atoms with Crippen molar-refractivity contribution in [2.45, 2.75) is 13.3 Å². The van der Waals surface area contributed by atoms with E-state index in [0.29, 0.717) is 0 Å². The van der Waals surface area contributed by atoms with Crippen molar-refractivity contribution < 1.29 is 0 Å². The van der Waals surface area contributed by atoms with E-state index in [2.05, 4.69) is 56.3 Å². The molecule has 3 aromatic rings. The lowest BCUT2D eigenvalue weighted by atomic mass is 10.1. The highest BCUT2D eigenvalue weighted by molar-refractivity contribution is 5.77. The molecule has 4 rings (SSSR count). The van der Waals surface area contributed by atoms with Crippen molar-refractivity contribution in [1.82, 2.24) is 24.5 Å². The molecule has 0 radical (unpaired) electrons. The minimum absolute atomic E-state index is 0.847. The van der Waals surface area contributed by atoms with Gasteiger partial charge in [0.25, 0.3) is 0 Å². The standard InChI is InChI=1S/C19H25N7/c1-3-7-20-18-6-8-21-19-16(14-23-26(18)19)15-4-5-17(22-13-15)25-11-9-24(2)10-12-25/h4-6,8,13-14,20H,3,7,9-12H2,1-2H3. The number of aromatic nitrogens is 4. The van der Waals surface area contributed by atoms with Crippen molar-refractivity contribution in [2.75, 3.05) is 50.0 Å². The van der Waals surface area contributed by atoms with Crippen LogP contribution in [0, 0.1) is 0 Å². The van der Waals surface area contributed by atoms with Gasteiger partial charge in [-0.25, -0.2) is 9.97 Å². The van der Waals surface area contributed by atoms with E-state index in [-0.39, 0.29) is 0 Å². The number of likely N-dealkylation sites (N-methyl/N-ethyl adjacent to an activating group) is 1. The molecule has 0 aliphatic carbocycles. The molecular formula is C19H25N7. The van der Waals surface area contributed by atoms with Crippen LogP contribution in [0.15, 0.2) is 36.8 Å². The van der Waals surface area contributed by atoms with Crippen LogP contribution in [0.25, 0.3) is 16.8 Å². The lowest BCUT2D eigenvalue weighted by Crippen LogP contribution is -2.44. The van der Waals surface area contributed by atoms with Gasteiger partial charge in [-0.15, -0.1) is 0 Å². The van der Waals surface area contributed by atoms with E-state index in [9.17, 15) is 0 Å². The van der Waals surface area contributed by atoms with Crippen LogP contribution in [0.1, 0.15) is 13.3 Å². The van der Waals surface area contributed by atoms with E-state index >= 15 is 0 Å². The molecule has 7 heteroatoms. The van der Waals surface area contributed by atoms with Crippen LogP contribution >= 0.6 is 0 Å². The van der Waals surface area contributed by atoms with Crippen molar-refractivity contribution in [3.8, 4) is 11.1 Å². The van der Waals surface area contributed by atoms with E-state index in [1.165, 1.54) is 0 Å². The zero-order valence-electron chi connectivity index (χ0n) is 15.4. The molecule has 0 spiro atoms. The Kier molecular flexibility index (Phi) is 4.71. The van der Waals surface area contributed by atoms with Gasteiger partial charge >= 0.3 is 0 Å². The van der Waals surface area contributed by atoms with Gasteiger partial charge in [-0.3, -0.25) is 0 Å². The van der Waals surface area contributed by atoms with Crippen molar-refractivity contribution in [3.05, 3.63) is 36.8 Å². The molecule has 0 saturated carbocycles. The quantitative estimate of drug-likeness (QED) is 0.761. The normalized spacial score (nSPS) is 15.5. The number of fused-ring (bicyclic) bond motifs is 1. The predicted molar refractivity (Wildman–Crippen MR) is 105 cm³/mol. The highest BCUT2D eigenvalue weighted by Crippen LogP contribution is 2.26. The summed E-state index contributed by atoms with van der Waals surface area (Å²) in [7, 11) is 2.16. The van der Waals surface area contributed by atoms with E-state index in [1.54, 1.807) is 0 Å². The molecule has 4 heterocycles. The topological polar surface area (TPSA) is 61.6 Å². The summed E-state index contributed by atoms with van der Waals surface area (Å²) in [4.78, 5) is 13.9. The molecule has 136 valence electrons. The Bertz CT molecular complexity index is 863. The zero-order valence-corrected chi connectivity index (χ0v) is 15.4. The van der Waals surface area contributed by atoms with Gasteiger partial charge in [-0.2, -0.15) is 9.61 Å². The van der Waals surface area contributed by atoms with Crippen LogP contribution in [-0.4, -0.2) is 64.3 Å². The third kappa shape index (κ3) is 3.22. The maximum absolute atomic E-state index is 4.69. The molecule has 7 nitrogen and oxygen atoms in total. The number of pyridine rings is 1.